The van der Waals surface area contributed by atoms with Crippen LogP contribution in [0.15, 0.2) is 53.4 Å². The van der Waals surface area contributed by atoms with Crippen molar-refractivity contribution in [3.63, 3.8) is 0 Å². The lowest BCUT2D eigenvalue weighted by molar-refractivity contribution is -0.137. The molecular formula is C19H21NO5S. The van der Waals surface area contributed by atoms with Crippen LogP contribution in [0.25, 0.3) is 0 Å². The molecule has 0 radical (unpaired) electrons. The average Bonchev–Trinajstić information content (AvgIpc) is 2.59. The lowest BCUT2D eigenvalue weighted by Gasteiger charge is -2.21. The molecule has 6 nitrogen and oxygen atoms in total. The summed E-state index contributed by atoms with van der Waals surface area (Å²) in [7, 11) is -3.50. The maximum absolute atomic E-state index is 12.8. The molecule has 0 aliphatic heterocycles. The molecule has 7 heteroatoms. The molecule has 0 aliphatic rings. The Morgan fingerprint density at radius 1 is 1.08 bits per heavy atom. The second kappa shape index (κ2) is 8.14. The summed E-state index contributed by atoms with van der Waals surface area (Å²) >= 11 is 0. The van der Waals surface area contributed by atoms with E-state index in [-0.39, 0.29) is 17.0 Å². The van der Waals surface area contributed by atoms with E-state index in [2.05, 4.69) is 0 Å². The quantitative estimate of drug-likeness (QED) is 0.802. The van der Waals surface area contributed by atoms with Gasteiger partial charge in [0.15, 0.2) is 9.84 Å². The van der Waals surface area contributed by atoms with Crippen LogP contribution >= 0.6 is 0 Å². The minimum Gasteiger partial charge on any atom is -0.480 e. The summed E-state index contributed by atoms with van der Waals surface area (Å²) in [6, 6.07) is 13.5. The van der Waals surface area contributed by atoms with Crippen molar-refractivity contribution in [2.75, 3.05) is 12.8 Å². The fraction of sp³-hybridized carbons (Fsp3) is 0.263. The number of carbonyl (C=O) groups excluding carboxylic acids is 1. The van der Waals surface area contributed by atoms with E-state index in [1.54, 1.807) is 30.3 Å². The largest absolute Gasteiger partial charge is 0.480 e. The predicted molar refractivity (Wildman–Crippen MR) is 97.7 cm³/mol. The zero-order chi connectivity index (χ0) is 19.3. The van der Waals surface area contributed by atoms with Gasteiger partial charge in [-0.1, -0.05) is 43.3 Å². The van der Waals surface area contributed by atoms with Crippen LogP contribution in [-0.4, -0.2) is 43.1 Å². The van der Waals surface area contributed by atoms with E-state index < -0.39 is 28.3 Å². The van der Waals surface area contributed by atoms with Gasteiger partial charge in [0.05, 0.1) is 4.90 Å². The van der Waals surface area contributed by atoms with E-state index >= 15 is 0 Å². The Morgan fingerprint density at radius 2 is 1.73 bits per heavy atom. The van der Waals surface area contributed by atoms with E-state index in [0.29, 0.717) is 12.0 Å². The van der Waals surface area contributed by atoms with Gasteiger partial charge in [0.25, 0.3) is 5.91 Å². The highest BCUT2D eigenvalue weighted by atomic mass is 32.2. The zero-order valence-electron chi connectivity index (χ0n) is 14.7. The smallest absolute Gasteiger partial charge is 0.323 e. The number of carbonyl (C=O) groups is 2. The van der Waals surface area contributed by atoms with Gasteiger partial charge in [0, 0.05) is 18.4 Å². The number of sulfone groups is 1. The first-order valence-electron chi connectivity index (χ1n) is 8.10. The highest BCUT2D eigenvalue weighted by Crippen LogP contribution is 2.20. The number of hydrogen-bond donors (Lipinski definition) is 1. The van der Waals surface area contributed by atoms with Gasteiger partial charge in [-0.15, -0.1) is 0 Å². The summed E-state index contributed by atoms with van der Waals surface area (Å²) < 4.78 is 24.0. The van der Waals surface area contributed by atoms with Gasteiger partial charge in [0.1, 0.15) is 6.54 Å². The summed E-state index contributed by atoms with van der Waals surface area (Å²) in [5.74, 6) is -1.66. The first kappa shape index (κ1) is 19.7. The maximum Gasteiger partial charge on any atom is 0.323 e. The molecule has 0 fully saturated rings. The van der Waals surface area contributed by atoms with Crippen LogP contribution in [0.4, 0.5) is 0 Å². The van der Waals surface area contributed by atoms with Crippen LogP contribution in [0.1, 0.15) is 28.4 Å². The zero-order valence-corrected chi connectivity index (χ0v) is 15.5. The molecule has 0 unspecified atom stereocenters. The third-order valence-corrected chi connectivity index (χ3v) is 5.10. The standard InChI is InChI=1S/C19H21NO5S/c1-3-15-9-10-16(11-17(15)26(2,24)25)19(23)20(13-18(21)22)12-14-7-5-4-6-8-14/h4-11H,3,12-13H2,1-2H3,(H,21,22). The first-order valence-corrected chi connectivity index (χ1v) is 9.99. The lowest BCUT2D eigenvalue weighted by Crippen LogP contribution is -2.35. The van der Waals surface area contributed by atoms with Gasteiger partial charge in [-0.25, -0.2) is 8.42 Å². The van der Waals surface area contributed by atoms with Crippen LogP contribution in [0.5, 0.6) is 0 Å². The highest BCUT2D eigenvalue weighted by Gasteiger charge is 2.22. The highest BCUT2D eigenvalue weighted by molar-refractivity contribution is 7.90. The molecule has 1 amide bonds. The maximum atomic E-state index is 12.8. The van der Waals surface area contributed by atoms with Crippen LogP contribution in [-0.2, 0) is 27.6 Å². The van der Waals surface area contributed by atoms with Crippen LogP contribution < -0.4 is 0 Å². The average molecular weight is 375 g/mol. The Hall–Kier alpha value is -2.67. The fourth-order valence-corrected chi connectivity index (χ4v) is 3.70. The number of carboxylic acids is 1. The monoisotopic (exact) mass is 375 g/mol. The number of amides is 1. The van der Waals surface area contributed by atoms with E-state index in [0.717, 1.165) is 11.8 Å². The molecule has 138 valence electrons. The number of rotatable bonds is 7. The topological polar surface area (TPSA) is 91.8 Å². The Kier molecular flexibility index (Phi) is 6.15. The number of carboxylic acid groups (broad SMARTS) is 1. The van der Waals surface area contributed by atoms with Crippen molar-refractivity contribution in [3.05, 3.63) is 65.2 Å². The lowest BCUT2D eigenvalue weighted by atomic mass is 10.1. The van der Waals surface area contributed by atoms with Crippen LogP contribution in [0.2, 0.25) is 0 Å². The molecule has 2 aromatic rings. The molecule has 2 rings (SSSR count). The van der Waals surface area contributed by atoms with Gasteiger partial charge in [-0.3, -0.25) is 9.59 Å². The molecule has 0 heterocycles. The SMILES string of the molecule is CCc1ccc(C(=O)N(CC(=O)O)Cc2ccccc2)cc1S(C)(=O)=O. The van der Waals surface area contributed by atoms with E-state index in [1.165, 1.54) is 17.0 Å². The predicted octanol–water partition coefficient (Wildman–Crippen LogP) is 2.38. The summed E-state index contributed by atoms with van der Waals surface area (Å²) in [6.07, 6.45) is 1.61. The second-order valence-electron chi connectivity index (χ2n) is 5.99. The number of benzene rings is 2. The van der Waals surface area contributed by atoms with E-state index in [4.69, 9.17) is 5.11 Å². The van der Waals surface area contributed by atoms with Crippen molar-refractivity contribution in [2.45, 2.75) is 24.8 Å². The van der Waals surface area contributed by atoms with Gasteiger partial charge in [0.2, 0.25) is 0 Å². The Morgan fingerprint density at radius 3 is 2.27 bits per heavy atom. The van der Waals surface area contributed by atoms with Gasteiger partial charge < -0.3 is 10.0 Å². The van der Waals surface area contributed by atoms with Crippen molar-refractivity contribution in [3.8, 4) is 0 Å². The van der Waals surface area contributed by atoms with Crippen LogP contribution in [0.3, 0.4) is 0 Å². The molecule has 2 aromatic carbocycles. The molecule has 0 atom stereocenters. The van der Waals surface area contributed by atoms with E-state index in [1.807, 2.05) is 13.0 Å². The normalized spacial score (nSPS) is 11.2. The molecule has 26 heavy (non-hydrogen) atoms. The molecule has 1 N–H and O–H groups in total. The van der Waals surface area contributed by atoms with E-state index in [9.17, 15) is 18.0 Å². The van der Waals surface area contributed by atoms with Crippen molar-refractivity contribution < 1.29 is 23.1 Å². The fourth-order valence-electron chi connectivity index (χ4n) is 2.67. The summed E-state index contributed by atoms with van der Waals surface area (Å²) in [4.78, 5) is 25.3. The van der Waals surface area contributed by atoms with Gasteiger partial charge in [-0.05, 0) is 29.7 Å². The van der Waals surface area contributed by atoms with Crippen molar-refractivity contribution in [2.24, 2.45) is 0 Å². The number of hydrogen-bond acceptors (Lipinski definition) is 4. The molecule has 0 saturated heterocycles. The minimum atomic E-state index is -3.50. The third kappa shape index (κ3) is 4.92. The molecule has 0 bridgehead atoms. The van der Waals surface area contributed by atoms with Crippen LogP contribution in [0, 0.1) is 0 Å². The molecule has 0 aromatic heterocycles. The Bertz CT molecular complexity index is 907. The number of nitrogens with zero attached hydrogens (tertiary/aromatic N) is 1. The van der Waals surface area contributed by atoms with Crippen molar-refractivity contribution in [1.29, 1.82) is 0 Å². The molecular weight excluding hydrogens is 354 g/mol. The number of aryl methyl sites for hydroxylation is 1. The summed E-state index contributed by atoms with van der Waals surface area (Å²) in [6.45, 7) is 1.48. The molecule has 0 spiro atoms. The second-order valence-corrected chi connectivity index (χ2v) is 7.97. The van der Waals surface area contributed by atoms with Gasteiger partial charge >= 0.3 is 5.97 Å². The number of aliphatic carboxylic acids is 1. The Balaban J connectivity index is 2.40. The molecule has 0 saturated carbocycles. The minimum absolute atomic E-state index is 0.0980. The third-order valence-electron chi connectivity index (χ3n) is 3.92. The summed E-state index contributed by atoms with van der Waals surface area (Å²) in [5.41, 5.74) is 1.56. The van der Waals surface area contributed by atoms with Gasteiger partial charge in [-0.2, -0.15) is 0 Å². The molecule has 0 aliphatic carbocycles. The first-order chi connectivity index (χ1) is 12.2. The Labute approximate surface area is 153 Å². The van der Waals surface area contributed by atoms with Crippen molar-refractivity contribution in [1.82, 2.24) is 4.90 Å². The van der Waals surface area contributed by atoms with Crippen molar-refractivity contribution >= 4 is 21.7 Å². The summed E-state index contributed by atoms with van der Waals surface area (Å²) in [5, 5.41) is 9.13.